The Bertz CT molecular complexity index is 391. The number of likely N-dealkylation sites (N-methyl/N-ethyl adjacent to an activating group) is 1. The summed E-state index contributed by atoms with van der Waals surface area (Å²) in [5.41, 5.74) is 2.63. The van der Waals surface area contributed by atoms with Gasteiger partial charge in [0, 0.05) is 31.5 Å². The lowest BCUT2D eigenvalue weighted by Crippen LogP contribution is -2.44. The minimum Gasteiger partial charge on any atom is -0.305 e. The summed E-state index contributed by atoms with van der Waals surface area (Å²) in [6.07, 6.45) is 5.56. The van der Waals surface area contributed by atoms with Crippen LogP contribution >= 0.6 is 0 Å². The zero-order valence-corrected chi connectivity index (χ0v) is 9.74. The van der Waals surface area contributed by atoms with Crippen LogP contribution in [0, 0.1) is 0 Å². The number of rotatable bonds is 1. The first kappa shape index (κ1) is 10.2. The minimum atomic E-state index is 0.310. The zero-order valence-electron chi connectivity index (χ0n) is 9.74. The molecule has 1 aromatic heterocycles. The highest BCUT2D eigenvalue weighted by Crippen LogP contribution is 2.21. The van der Waals surface area contributed by atoms with E-state index < -0.39 is 0 Å². The van der Waals surface area contributed by atoms with E-state index in [9.17, 15) is 0 Å². The number of hydrogen-bond donors (Lipinski definition) is 1. The summed E-state index contributed by atoms with van der Waals surface area (Å²) in [6, 6.07) is 0.310. The Morgan fingerprint density at radius 2 is 2.38 bits per heavy atom. The summed E-state index contributed by atoms with van der Waals surface area (Å²) in [4.78, 5) is 11.6. The standard InChI is InChI=1S/C12H18N4/c1-16-6-5-13-11(8-16)12-14-7-9-3-2-4-10(9)15-12/h7,11,13H,2-6,8H2,1H3. The number of hydrogen-bond acceptors (Lipinski definition) is 4. The van der Waals surface area contributed by atoms with Crippen LogP contribution in [0.5, 0.6) is 0 Å². The van der Waals surface area contributed by atoms with E-state index in [1.165, 1.54) is 17.7 Å². The van der Waals surface area contributed by atoms with E-state index in [1.54, 1.807) is 0 Å². The molecule has 86 valence electrons. The maximum atomic E-state index is 4.71. The van der Waals surface area contributed by atoms with Crippen molar-refractivity contribution in [2.24, 2.45) is 0 Å². The molecule has 1 aliphatic heterocycles. The number of fused-ring (bicyclic) bond motifs is 1. The predicted octanol–water partition coefficient (Wildman–Crippen LogP) is 0.541. The van der Waals surface area contributed by atoms with Gasteiger partial charge in [-0.25, -0.2) is 9.97 Å². The van der Waals surface area contributed by atoms with Crippen LogP contribution in [0.3, 0.4) is 0 Å². The molecule has 0 aromatic carbocycles. The third kappa shape index (κ3) is 1.83. The zero-order chi connectivity index (χ0) is 11.0. The monoisotopic (exact) mass is 218 g/mol. The van der Waals surface area contributed by atoms with Crippen LogP contribution in [0.4, 0.5) is 0 Å². The van der Waals surface area contributed by atoms with Crippen LogP contribution in [0.25, 0.3) is 0 Å². The molecule has 0 spiro atoms. The fraction of sp³-hybridized carbons (Fsp3) is 0.667. The molecule has 1 saturated heterocycles. The van der Waals surface area contributed by atoms with E-state index in [4.69, 9.17) is 4.98 Å². The molecular formula is C12H18N4. The van der Waals surface area contributed by atoms with E-state index in [2.05, 4.69) is 22.2 Å². The van der Waals surface area contributed by atoms with E-state index in [0.29, 0.717) is 6.04 Å². The fourth-order valence-electron chi connectivity index (χ4n) is 2.57. The van der Waals surface area contributed by atoms with Gasteiger partial charge in [0.05, 0.1) is 6.04 Å². The SMILES string of the molecule is CN1CCNC(c2ncc3c(n2)CCC3)C1. The predicted molar refractivity (Wildman–Crippen MR) is 62.3 cm³/mol. The summed E-state index contributed by atoms with van der Waals surface area (Å²) in [6.45, 7) is 3.15. The first-order chi connectivity index (χ1) is 7.83. The molecule has 1 unspecified atom stereocenters. The molecule has 4 heteroatoms. The normalized spacial score (nSPS) is 25.7. The minimum absolute atomic E-state index is 0.310. The molecule has 0 amide bonds. The lowest BCUT2D eigenvalue weighted by atomic mass is 10.2. The average Bonchev–Trinajstić information content (AvgIpc) is 2.75. The molecule has 2 aliphatic rings. The van der Waals surface area contributed by atoms with Gasteiger partial charge in [-0.1, -0.05) is 0 Å². The van der Waals surface area contributed by atoms with Crippen molar-refractivity contribution in [3.05, 3.63) is 23.3 Å². The Hall–Kier alpha value is -1.00. The Kier molecular flexibility index (Phi) is 2.61. The second kappa shape index (κ2) is 4.11. The fourth-order valence-corrected chi connectivity index (χ4v) is 2.57. The molecule has 0 saturated carbocycles. The number of aryl methyl sites for hydroxylation is 2. The van der Waals surface area contributed by atoms with Gasteiger partial charge in [0.15, 0.2) is 0 Å². The molecule has 1 N–H and O–H groups in total. The molecule has 0 bridgehead atoms. The Morgan fingerprint density at radius 3 is 3.25 bits per heavy atom. The van der Waals surface area contributed by atoms with Crippen molar-refractivity contribution < 1.29 is 0 Å². The topological polar surface area (TPSA) is 41.0 Å². The highest BCUT2D eigenvalue weighted by molar-refractivity contribution is 5.23. The Balaban J connectivity index is 1.83. The molecule has 1 aliphatic carbocycles. The number of nitrogens with zero attached hydrogens (tertiary/aromatic N) is 3. The van der Waals surface area contributed by atoms with E-state index in [-0.39, 0.29) is 0 Å². The number of piperazine rings is 1. The van der Waals surface area contributed by atoms with Crippen molar-refractivity contribution >= 4 is 0 Å². The molecule has 16 heavy (non-hydrogen) atoms. The second-order valence-electron chi connectivity index (χ2n) is 4.82. The molecule has 3 rings (SSSR count). The van der Waals surface area contributed by atoms with Crippen LogP contribution in [0.1, 0.15) is 29.5 Å². The average molecular weight is 218 g/mol. The maximum absolute atomic E-state index is 4.71. The van der Waals surface area contributed by atoms with Crippen molar-refractivity contribution in [2.75, 3.05) is 26.7 Å². The van der Waals surface area contributed by atoms with Gasteiger partial charge in [0.25, 0.3) is 0 Å². The molecule has 1 atom stereocenters. The maximum Gasteiger partial charge on any atom is 0.146 e. The van der Waals surface area contributed by atoms with Crippen LogP contribution < -0.4 is 5.32 Å². The first-order valence-electron chi connectivity index (χ1n) is 6.09. The largest absolute Gasteiger partial charge is 0.305 e. The van der Waals surface area contributed by atoms with E-state index in [1.807, 2.05) is 6.20 Å². The van der Waals surface area contributed by atoms with Gasteiger partial charge in [-0.05, 0) is 31.9 Å². The van der Waals surface area contributed by atoms with Gasteiger partial charge in [-0.15, -0.1) is 0 Å². The lowest BCUT2D eigenvalue weighted by molar-refractivity contribution is 0.235. The Labute approximate surface area is 96.1 Å². The van der Waals surface area contributed by atoms with Crippen molar-refractivity contribution in [3.63, 3.8) is 0 Å². The van der Waals surface area contributed by atoms with Crippen LogP contribution in [-0.2, 0) is 12.8 Å². The highest BCUT2D eigenvalue weighted by Gasteiger charge is 2.22. The van der Waals surface area contributed by atoms with Gasteiger partial charge >= 0.3 is 0 Å². The summed E-state index contributed by atoms with van der Waals surface area (Å²) >= 11 is 0. The molecule has 0 radical (unpaired) electrons. The van der Waals surface area contributed by atoms with Gasteiger partial charge in [0.2, 0.25) is 0 Å². The van der Waals surface area contributed by atoms with E-state index in [0.717, 1.165) is 38.3 Å². The van der Waals surface area contributed by atoms with Crippen molar-refractivity contribution in [3.8, 4) is 0 Å². The third-order valence-electron chi connectivity index (χ3n) is 3.52. The van der Waals surface area contributed by atoms with Crippen LogP contribution in [0.15, 0.2) is 6.20 Å². The van der Waals surface area contributed by atoms with Crippen molar-refractivity contribution in [1.82, 2.24) is 20.2 Å². The Morgan fingerprint density at radius 1 is 1.44 bits per heavy atom. The molecule has 1 fully saturated rings. The second-order valence-corrected chi connectivity index (χ2v) is 4.82. The lowest BCUT2D eigenvalue weighted by Gasteiger charge is -2.29. The highest BCUT2D eigenvalue weighted by atomic mass is 15.2. The van der Waals surface area contributed by atoms with Gasteiger partial charge in [-0.3, -0.25) is 0 Å². The van der Waals surface area contributed by atoms with Crippen LogP contribution in [0.2, 0.25) is 0 Å². The summed E-state index contributed by atoms with van der Waals surface area (Å²) in [7, 11) is 2.15. The summed E-state index contributed by atoms with van der Waals surface area (Å²) < 4.78 is 0. The van der Waals surface area contributed by atoms with Gasteiger partial charge in [-0.2, -0.15) is 0 Å². The van der Waals surface area contributed by atoms with Gasteiger partial charge < -0.3 is 10.2 Å². The molecule has 2 heterocycles. The molecule has 4 nitrogen and oxygen atoms in total. The molecular weight excluding hydrogens is 200 g/mol. The van der Waals surface area contributed by atoms with E-state index >= 15 is 0 Å². The summed E-state index contributed by atoms with van der Waals surface area (Å²) in [5.74, 6) is 0.979. The van der Waals surface area contributed by atoms with Crippen LogP contribution in [-0.4, -0.2) is 41.5 Å². The number of nitrogens with one attached hydrogen (secondary N) is 1. The third-order valence-corrected chi connectivity index (χ3v) is 3.52. The molecule has 1 aromatic rings. The quantitative estimate of drug-likeness (QED) is 0.747. The van der Waals surface area contributed by atoms with Crippen molar-refractivity contribution in [2.45, 2.75) is 25.3 Å². The number of aromatic nitrogens is 2. The van der Waals surface area contributed by atoms with Gasteiger partial charge in [0.1, 0.15) is 5.82 Å². The first-order valence-corrected chi connectivity index (χ1v) is 6.09. The smallest absolute Gasteiger partial charge is 0.146 e. The van der Waals surface area contributed by atoms with Crippen molar-refractivity contribution in [1.29, 1.82) is 0 Å². The summed E-state index contributed by atoms with van der Waals surface area (Å²) in [5, 5.41) is 3.49.